The van der Waals surface area contributed by atoms with Crippen LogP contribution < -0.4 is 4.74 Å². The second kappa shape index (κ2) is 7.72. The van der Waals surface area contributed by atoms with Gasteiger partial charge in [0.15, 0.2) is 0 Å². The number of nitrogens with zero attached hydrogens (tertiary/aromatic N) is 1. The summed E-state index contributed by atoms with van der Waals surface area (Å²) in [6, 6.07) is 12.5. The molecule has 0 radical (unpaired) electrons. The molecule has 0 unspecified atom stereocenters. The Hall–Kier alpha value is -2.31. The molecule has 2 amide bonds. The Balaban J connectivity index is 1.61. The largest absolute Gasteiger partial charge is 0.492 e. The van der Waals surface area contributed by atoms with Crippen molar-refractivity contribution in [3.05, 3.63) is 69.8 Å². The summed E-state index contributed by atoms with van der Waals surface area (Å²) in [5, 5.41) is 0.260. The standard InChI is InChI=1S/C18H13ClFNO3S/c19-13-3-1-12(2-4-13)11-16-17(22)21(18(23)25-16)9-10-24-15-7-5-14(20)6-8-15/h1-8,11H,9-10H2/b16-11-. The van der Waals surface area contributed by atoms with Crippen molar-refractivity contribution in [3.8, 4) is 5.75 Å². The molecule has 0 N–H and O–H groups in total. The Kier molecular flexibility index (Phi) is 5.40. The third-order valence-electron chi connectivity index (χ3n) is 3.44. The molecule has 1 fully saturated rings. The van der Waals surface area contributed by atoms with Crippen molar-refractivity contribution in [1.29, 1.82) is 0 Å². The van der Waals surface area contributed by atoms with Gasteiger partial charge in [0.25, 0.3) is 11.1 Å². The second-order valence-electron chi connectivity index (χ2n) is 5.19. The van der Waals surface area contributed by atoms with Crippen LogP contribution in [0.4, 0.5) is 9.18 Å². The van der Waals surface area contributed by atoms with Gasteiger partial charge in [-0.1, -0.05) is 23.7 Å². The molecule has 1 saturated heterocycles. The minimum Gasteiger partial charge on any atom is -0.492 e. The Bertz CT molecular complexity index is 821. The van der Waals surface area contributed by atoms with E-state index in [-0.39, 0.29) is 30.1 Å². The smallest absolute Gasteiger partial charge is 0.293 e. The van der Waals surface area contributed by atoms with Gasteiger partial charge in [-0.3, -0.25) is 14.5 Å². The average molecular weight is 378 g/mol. The second-order valence-corrected chi connectivity index (χ2v) is 6.62. The molecule has 0 aromatic heterocycles. The van der Waals surface area contributed by atoms with E-state index in [9.17, 15) is 14.0 Å². The van der Waals surface area contributed by atoms with Crippen molar-refractivity contribution in [3.63, 3.8) is 0 Å². The van der Waals surface area contributed by atoms with E-state index in [1.54, 1.807) is 30.3 Å². The van der Waals surface area contributed by atoms with E-state index in [2.05, 4.69) is 0 Å². The van der Waals surface area contributed by atoms with Crippen molar-refractivity contribution >= 4 is 40.6 Å². The van der Waals surface area contributed by atoms with Crippen LogP contribution in [-0.4, -0.2) is 29.2 Å². The van der Waals surface area contributed by atoms with E-state index in [4.69, 9.17) is 16.3 Å². The summed E-state index contributed by atoms with van der Waals surface area (Å²) in [6.07, 6.45) is 1.65. The molecule has 1 aliphatic heterocycles. The van der Waals surface area contributed by atoms with Gasteiger partial charge in [0.05, 0.1) is 11.4 Å². The lowest BCUT2D eigenvalue weighted by Crippen LogP contribution is -2.32. The van der Waals surface area contributed by atoms with E-state index in [1.807, 2.05) is 0 Å². The highest BCUT2D eigenvalue weighted by atomic mass is 35.5. The van der Waals surface area contributed by atoms with Crippen LogP contribution in [-0.2, 0) is 4.79 Å². The SMILES string of the molecule is O=C1S/C(=C\c2ccc(Cl)cc2)C(=O)N1CCOc1ccc(F)cc1. The number of amides is 2. The van der Waals surface area contributed by atoms with Crippen LogP contribution in [0, 0.1) is 5.82 Å². The van der Waals surface area contributed by atoms with Crippen LogP contribution in [0.3, 0.4) is 0 Å². The van der Waals surface area contributed by atoms with Gasteiger partial charge in [0.2, 0.25) is 0 Å². The Labute approximate surface area is 153 Å². The Morgan fingerprint density at radius 1 is 1.08 bits per heavy atom. The van der Waals surface area contributed by atoms with Gasteiger partial charge in [-0.25, -0.2) is 4.39 Å². The number of hydrogen-bond acceptors (Lipinski definition) is 4. The predicted molar refractivity (Wildman–Crippen MR) is 96.0 cm³/mol. The lowest BCUT2D eigenvalue weighted by atomic mass is 10.2. The Morgan fingerprint density at radius 3 is 2.44 bits per heavy atom. The molecule has 0 saturated carbocycles. The first-order valence-electron chi connectivity index (χ1n) is 7.42. The molecule has 2 aromatic rings. The summed E-state index contributed by atoms with van der Waals surface area (Å²) in [5.74, 6) is -0.233. The molecule has 25 heavy (non-hydrogen) atoms. The molecular weight excluding hydrogens is 365 g/mol. The third kappa shape index (κ3) is 4.41. The quantitative estimate of drug-likeness (QED) is 0.715. The topological polar surface area (TPSA) is 46.6 Å². The molecule has 0 aliphatic carbocycles. The van der Waals surface area contributed by atoms with E-state index < -0.39 is 0 Å². The van der Waals surface area contributed by atoms with Crippen molar-refractivity contribution in [2.24, 2.45) is 0 Å². The minimum atomic E-state index is -0.356. The van der Waals surface area contributed by atoms with Crippen molar-refractivity contribution < 1.29 is 18.7 Å². The van der Waals surface area contributed by atoms with E-state index in [0.717, 1.165) is 22.2 Å². The van der Waals surface area contributed by atoms with Crippen LogP contribution in [0.2, 0.25) is 5.02 Å². The number of hydrogen-bond donors (Lipinski definition) is 0. The first-order chi connectivity index (χ1) is 12.0. The van der Waals surface area contributed by atoms with Gasteiger partial charge in [0.1, 0.15) is 18.2 Å². The monoisotopic (exact) mass is 377 g/mol. The van der Waals surface area contributed by atoms with Crippen LogP contribution in [0.1, 0.15) is 5.56 Å². The highest BCUT2D eigenvalue weighted by Crippen LogP contribution is 2.32. The number of carbonyl (C=O) groups excluding carboxylic acids is 2. The Morgan fingerprint density at radius 2 is 1.76 bits per heavy atom. The van der Waals surface area contributed by atoms with Crippen LogP contribution in [0.25, 0.3) is 6.08 Å². The zero-order valence-electron chi connectivity index (χ0n) is 12.9. The summed E-state index contributed by atoms with van der Waals surface area (Å²) < 4.78 is 18.3. The molecule has 4 nitrogen and oxygen atoms in total. The number of ether oxygens (including phenoxy) is 1. The van der Waals surface area contributed by atoms with Crippen molar-refractivity contribution in [1.82, 2.24) is 4.90 Å². The number of imide groups is 1. The maximum absolute atomic E-state index is 12.8. The average Bonchev–Trinajstić information content (AvgIpc) is 2.86. The first-order valence-corrected chi connectivity index (χ1v) is 8.62. The predicted octanol–water partition coefficient (Wildman–Crippen LogP) is 4.59. The molecule has 1 aliphatic rings. The van der Waals surface area contributed by atoms with Crippen molar-refractivity contribution in [2.75, 3.05) is 13.2 Å². The molecule has 0 atom stereocenters. The van der Waals surface area contributed by atoms with Gasteiger partial charge in [-0.2, -0.15) is 0 Å². The molecule has 2 aromatic carbocycles. The number of benzene rings is 2. The lowest BCUT2D eigenvalue weighted by molar-refractivity contribution is -0.123. The molecule has 0 bridgehead atoms. The highest BCUT2D eigenvalue weighted by Gasteiger charge is 2.34. The normalized spacial score (nSPS) is 15.9. The molecular formula is C18H13ClFNO3S. The number of rotatable bonds is 5. The van der Waals surface area contributed by atoms with Gasteiger partial charge in [0, 0.05) is 5.02 Å². The number of thioether (sulfide) groups is 1. The molecule has 128 valence electrons. The van der Waals surface area contributed by atoms with Gasteiger partial charge in [-0.05, 0) is 59.8 Å². The molecule has 1 heterocycles. The van der Waals surface area contributed by atoms with Gasteiger partial charge >= 0.3 is 0 Å². The maximum atomic E-state index is 12.8. The summed E-state index contributed by atoms with van der Waals surface area (Å²) in [6.45, 7) is 0.262. The van der Waals surface area contributed by atoms with Crippen LogP contribution in [0.5, 0.6) is 5.75 Å². The zero-order chi connectivity index (χ0) is 17.8. The maximum Gasteiger partial charge on any atom is 0.293 e. The molecule has 3 rings (SSSR count). The third-order valence-corrected chi connectivity index (χ3v) is 4.60. The fourth-order valence-corrected chi connectivity index (χ4v) is 3.18. The van der Waals surface area contributed by atoms with E-state index >= 15 is 0 Å². The molecule has 7 heteroatoms. The summed E-state index contributed by atoms with van der Waals surface area (Å²) in [4.78, 5) is 25.9. The van der Waals surface area contributed by atoms with E-state index in [0.29, 0.717) is 15.7 Å². The molecule has 0 spiro atoms. The summed E-state index contributed by atoms with van der Waals surface area (Å²) in [5.41, 5.74) is 0.789. The van der Waals surface area contributed by atoms with Gasteiger partial charge < -0.3 is 4.74 Å². The highest BCUT2D eigenvalue weighted by molar-refractivity contribution is 8.18. The lowest BCUT2D eigenvalue weighted by Gasteiger charge is -2.13. The van der Waals surface area contributed by atoms with Crippen molar-refractivity contribution in [2.45, 2.75) is 0 Å². The van der Waals surface area contributed by atoms with E-state index in [1.165, 1.54) is 24.3 Å². The van der Waals surface area contributed by atoms with Crippen LogP contribution in [0.15, 0.2) is 53.4 Å². The fourth-order valence-electron chi connectivity index (χ4n) is 2.19. The fraction of sp³-hybridized carbons (Fsp3) is 0.111. The number of halogens is 2. The zero-order valence-corrected chi connectivity index (χ0v) is 14.5. The first kappa shape index (κ1) is 17.5. The number of carbonyl (C=O) groups is 2. The van der Waals surface area contributed by atoms with Gasteiger partial charge in [-0.15, -0.1) is 0 Å². The summed E-state index contributed by atoms with van der Waals surface area (Å²) >= 11 is 6.72. The summed E-state index contributed by atoms with van der Waals surface area (Å²) in [7, 11) is 0. The van der Waals surface area contributed by atoms with Crippen LogP contribution >= 0.6 is 23.4 Å². The minimum absolute atomic E-state index is 0.125.